The fourth-order valence-corrected chi connectivity index (χ4v) is 4.10. The van der Waals surface area contributed by atoms with Gasteiger partial charge in [-0.2, -0.15) is 0 Å². The van der Waals surface area contributed by atoms with Gasteiger partial charge in [-0.1, -0.05) is 31.2 Å². The lowest BCUT2D eigenvalue weighted by Crippen LogP contribution is -2.39. The van der Waals surface area contributed by atoms with E-state index in [1.165, 1.54) is 24.3 Å². The Bertz CT molecular complexity index is 772. The number of hydrogen-bond donors (Lipinski definition) is 0. The molecule has 2 aromatic carbocycles. The molecule has 0 radical (unpaired) electrons. The number of ether oxygens (including phenoxy) is 2. The van der Waals surface area contributed by atoms with Gasteiger partial charge in [0.15, 0.2) is 0 Å². The van der Waals surface area contributed by atoms with Crippen molar-refractivity contribution in [2.75, 3.05) is 32.8 Å². The Morgan fingerprint density at radius 2 is 1.52 bits per heavy atom. The van der Waals surface area contributed by atoms with Crippen LogP contribution in [0.15, 0.2) is 48.5 Å². The summed E-state index contributed by atoms with van der Waals surface area (Å²) in [5.41, 5.74) is 1.66. The highest BCUT2D eigenvalue weighted by atomic mass is 19.1. The summed E-state index contributed by atoms with van der Waals surface area (Å²) in [6, 6.07) is 12.4. The van der Waals surface area contributed by atoms with E-state index in [1.807, 2.05) is 13.8 Å². The van der Waals surface area contributed by atoms with Gasteiger partial charge in [0.05, 0.1) is 19.1 Å². The predicted molar refractivity (Wildman–Crippen MR) is 116 cm³/mol. The number of nitrogens with zero attached hydrogens (tertiary/aromatic N) is 1. The van der Waals surface area contributed by atoms with Gasteiger partial charge in [-0.05, 0) is 74.2 Å². The average Bonchev–Trinajstić information content (AvgIpc) is 2.78. The molecule has 31 heavy (non-hydrogen) atoms. The number of halogens is 2. The van der Waals surface area contributed by atoms with Crippen LogP contribution in [0.1, 0.15) is 43.9 Å². The van der Waals surface area contributed by atoms with Crippen molar-refractivity contribution in [2.45, 2.75) is 32.8 Å². The van der Waals surface area contributed by atoms with E-state index < -0.39 is 0 Å². The smallest absolute Gasteiger partial charge is 0.308 e. The Morgan fingerprint density at radius 1 is 1.00 bits per heavy atom. The molecule has 2 aromatic rings. The number of esters is 1. The molecule has 1 heterocycles. The average molecular weight is 432 g/mol. The number of rotatable bonds is 9. The summed E-state index contributed by atoms with van der Waals surface area (Å²) in [4.78, 5) is 14.3. The zero-order valence-corrected chi connectivity index (χ0v) is 18.2. The molecule has 0 aliphatic carbocycles. The van der Waals surface area contributed by atoms with Gasteiger partial charge in [0.1, 0.15) is 17.7 Å². The number of piperidine rings is 1. The zero-order chi connectivity index (χ0) is 22.2. The molecular formula is C25H31F2NO3. The standard InChI is InChI=1S/C25H31F2NO3/c1-3-30-25(29)18(2)19-12-14-28(15-13-19)16-17-31-24(20-4-8-22(26)9-5-20)21-6-10-23(27)11-7-21/h4-11,18-19,24H,3,12-17H2,1-2H3. The summed E-state index contributed by atoms with van der Waals surface area (Å²) in [5.74, 6) is -0.434. The van der Waals surface area contributed by atoms with Crippen LogP contribution in [0.4, 0.5) is 8.78 Å². The second kappa shape index (κ2) is 11.3. The van der Waals surface area contributed by atoms with Gasteiger partial charge >= 0.3 is 5.97 Å². The summed E-state index contributed by atoms with van der Waals surface area (Å²) in [5, 5.41) is 0. The molecule has 1 unspecified atom stereocenters. The molecule has 168 valence electrons. The molecule has 0 amide bonds. The molecule has 0 spiro atoms. The van der Waals surface area contributed by atoms with Gasteiger partial charge in [-0.15, -0.1) is 0 Å². The van der Waals surface area contributed by atoms with E-state index >= 15 is 0 Å². The van der Waals surface area contributed by atoms with E-state index in [2.05, 4.69) is 4.90 Å². The van der Waals surface area contributed by atoms with Crippen LogP contribution in [0, 0.1) is 23.5 Å². The third-order valence-electron chi connectivity index (χ3n) is 6.04. The summed E-state index contributed by atoms with van der Waals surface area (Å²) in [6.07, 6.45) is 1.53. The molecule has 0 bridgehead atoms. The van der Waals surface area contributed by atoms with Crippen molar-refractivity contribution in [1.29, 1.82) is 0 Å². The van der Waals surface area contributed by atoms with E-state index in [1.54, 1.807) is 24.3 Å². The van der Waals surface area contributed by atoms with Gasteiger partial charge in [0.25, 0.3) is 0 Å². The molecule has 1 saturated heterocycles. The lowest BCUT2D eigenvalue weighted by atomic mass is 9.85. The molecule has 6 heteroatoms. The van der Waals surface area contributed by atoms with Gasteiger partial charge in [-0.25, -0.2) is 8.78 Å². The SMILES string of the molecule is CCOC(=O)C(C)C1CCN(CCOC(c2ccc(F)cc2)c2ccc(F)cc2)CC1. The number of carbonyl (C=O) groups excluding carboxylic acids is 1. The second-order valence-corrected chi connectivity index (χ2v) is 8.07. The second-order valence-electron chi connectivity index (χ2n) is 8.07. The fraction of sp³-hybridized carbons (Fsp3) is 0.480. The molecule has 1 atom stereocenters. The highest BCUT2D eigenvalue weighted by Gasteiger charge is 2.29. The Balaban J connectivity index is 1.54. The number of benzene rings is 2. The van der Waals surface area contributed by atoms with Crippen molar-refractivity contribution in [1.82, 2.24) is 4.90 Å². The van der Waals surface area contributed by atoms with E-state index in [0.717, 1.165) is 43.6 Å². The third kappa shape index (κ3) is 6.58. The molecule has 0 saturated carbocycles. The van der Waals surface area contributed by atoms with Crippen molar-refractivity contribution in [2.24, 2.45) is 11.8 Å². The number of carbonyl (C=O) groups is 1. The molecule has 0 N–H and O–H groups in total. The first-order valence-corrected chi connectivity index (χ1v) is 11.0. The van der Waals surface area contributed by atoms with Crippen molar-refractivity contribution >= 4 is 5.97 Å². The van der Waals surface area contributed by atoms with Crippen molar-refractivity contribution < 1.29 is 23.0 Å². The Morgan fingerprint density at radius 3 is 2.00 bits per heavy atom. The Labute approximate surface area is 183 Å². The molecule has 0 aromatic heterocycles. The van der Waals surface area contributed by atoms with Crippen molar-refractivity contribution in [3.05, 3.63) is 71.3 Å². The summed E-state index contributed by atoms with van der Waals surface area (Å²) >= 11 is 0. The van der Waals surface area contributed by atoms with E-state index in [0.29, 0.717) is 19.1 Å². The van der Waals surface area contributed by atoms with Crippen molar-refractivity contribution in [3.8, 4) is 0 Å². The molecule has 3 rings (SSSR count). The lowest BCUT2D eigenvalue weighted by molar-refractivity contribution is -0.150. The highest BCUT2D eigenvalue weighted by Crippen LogP contribution is 2.28. The first-order valence-electron chi connectivity index (χ1n) is 11.0. The number of hydrogen-bond acceptors (Lipinski definition) is 4. The van der Waals surface area contributed by atoms with Crippen LogP contribution in [-0.2, 0) is 14.3 Å². The fourth-order valence-electron chi connectivity index (χ4n) is 4.10. The minimum Gasteiger partial charge on any atom is -0.466 e. The van der Waals surface area contributed by atoms with E-state index in [9.17, 15) is 13.6 Å². The van der Waals surface area contributed by atoms with Gasteiger partial charge in [-0.3, -0.25) is 4.79 Å². The minimum atomic E-state index is -0.387. The van der Waals surface area contributed by atoms with Gasteiger partial charge in [0, 0.05) is 6.54 Å². The highest BCUT2D eigenvalue weighted by molar-refractivity contribution is 5.72. The maximum Gasteiger partial charge on any atom is 0.308 e. The normalized spacial score (nSPS) is 16.4. The molecule has 4 nitrogen and oxygen atoms in total. The van der Waals surface area contributed by atoms with Crippen molar-refractivity contribution in [3.63, 3.8) is 0 Å². The van der Waals surface area contributed by atoms with Crippen LogP contribution in [0.3, 0.4) is 0 Å². The quantitative estimate of drug-likeness (QED) is 0.525. The third-order valence-corrected chi connectivity index (χ3v) is 6.04. The Kier molecular flexibility index (Phi) is 8.55. The number of likely N-dealkylation sites (tertiary alicyclic amines) is 1. The van der Waals surface area contributed by atoms with Crippen LogP contribution < -0.4 is 0 Å². The molecule has 1 aliphatic heterocycles. The summed E-state index contributed by atoms with van der Waals surface area (Å²) < 4.78 is 38.0. The van der Waals surface area contributed by atoms with E-state index in [-0.39, 0.29) is 29.6 Å². The minimum absolute atomic E-state index is 0.0697. The van der Waals surface area contributed by atoms with Crippen LogP contribution >= 0.6 is 0 Å². The van der Waals surface area contributed by atoms with Crippen LogP contribution in [0.5, 0.6) is 0 Å². The van der Waals surface area contributed by atoms with E-state index in [4.69, 9.17) is 9.47 Å². The first kappa shape index (κ1) is 23.4. The van der Waals surface area contributed by atoms with Gasteiger partial charge < -0.3 is 14.4 Å². The molecule has 1 aliphatic rings. The van der Waals surface area contributed by atoms with Gasteiger partial charge in [0.2, 0.25) is 0 Å². The monoisotopic (exact) mass is 431 g/mol. The first-order chi connectivity index (χ1) is 15.0. The van der Waals surface area contributed by atoms with Crippen LogP contribution in [0.25, 0.3) is 0 Å². The molecular weight excluding hydrogens is 400 g/mol. The molecule has 1 fully saturated rings. The summed E-state index contributed by atoms with van der Waals surface area (Å²) in [7, 11) is 0. The zero-order valence-electron chi connectivity index (χ0n) is 18.2. The van der Waals surface area contributed by atoms with Crippen LogP contribution in [0.2, 0.25) is 0 Å². The largest absolute Gasteiger partial charge is 0.466 e. The topological polar surface area (TPSA) is 38.8 Å². The Hall–Kier alpha value is -2.31. The summed E-state index contributed by atoms with van der Waals surface area (Å²) in [6.45, 7) is 7.29. The lowest BCUT2D eigenvalue weighted by Gasteiger charge is -2.34. The maximum atomic E-state index is 13.4. The maximum absolute atomic E-state index is 13.4. The predicted octanol–water partition coefficient (Wildman–Crippen LogP) is 4.98. The van der Waals surface area contributed by atoms with Crippen LogP contribution in [-0.4, -0.2) is 43.7 Å².